The van der Waals surface area contributed by atoms with Gasteiger partial charge in [-0.15, -0.1) is 5.10 Å². The monoisotopic (exact) mass is 523 g/mol. The number of hydrogen-bond donors (Lipinski definition) is 3. The second kappa shape index (κ2) is 11.6. The Morgan fingerprint density at radius 2 is 1.69 bits per heavy atom. The van der Waals surface area contributed by atoms with Crippen molar-refractivity contribution in [2.24, 2.45) is 5.73 Å². The van der Waals surface area contributed by atoms with Crippen molar-refractivity contribution in [3.63, 3.8) is 0 Å². The number of nitrogens with two attached hydrogens (primary N) is 1. The standard InChI is InChI=1S/C29H30N8O2/c1-20(38)36-13-15-37(16-14-36)25-7-5-24(6-8-25)33-27-18-26(28(29(30)39)35-34-27)32-19-21-3-2-4-23(17-21)22-9-11-31-12-10-22/h2-12,17-18H,13-16,19H2,1H3,(H2,30,39)(H2,32,33,34)/p+1. The summed E-state index contributed by atoms with van der Waals surface area (Å²) in [4.78, 5) is 31.8. The average Bonchev–Trinajstić information content (AvgIpc) is 2.97. The number of H-pyrrole nitrogens is 1. The predicted molar refractivity (Wildman–Crippen MR) is 151 cm³/mol. The first-order valence-corrected chi connectivity index (χ1v) is 12.8. The molecule has 1 fully saturated rings. The lowest BCUT2D eigenvalue weighted by atomic mass is 10.0. The number of primary amides is 1. The highest BCUT2D eigenvalue weighted by Crippen LogP contribution is 2.24. The van der Waals surface area contributed by atoms with Crippen molar-refractivity contribution in [3.8, 4) is 11.1 Å². The minimum absolute atomic E-state index is 0.119. The fraction of sp³-hybridized carbons (Fsp3) is 0.207. The molecule has 0 spiro atoms. The first-order valence-electron chi connectivity index (χ1n) is 12.8. The summed E-state index contributed by atoms with van der Waals surface area (Å²) in [6.07, 6.45) is 3.54. The number of hydrogen-bond acceptors (Lipinski definition) is 7. The fourth-order valence-electron chi connectivity index (χ4n) is 4.60. The Morgan fingerprint density at radius 3 is 2.38 bits per heavy atom. The Bertz CT molecular complexity index is 1450. The van der Waals surface area contributed by atoms with Crippen LogP contribution >= 0.6 is 0 Å². The van der Waals surface area contributed by atoms with Crippen LogP contribution in [0.15, 0.2) is 79.1 Å². The van der Waals surface area contributed by atoms with Crippen LogP contribution in [0.1, 0.15) is 23.0 Å². The van der Waals surface area contributed by atoms with E-state index in [4.69, 9.17) is 5.73 Å². The van der Waals surface area contributed by atoms with E-state index in [-0.39, 0.29) is 11.6 Å². The number of carbonyl (C=O) groups is 2. The molecule has 1 saturated heterocycles. The number of nitrogens with zero attached hydrogens (tertiary/aromatic N) is 4. The Labute approximate surface area is 226 Å². The topological polar surface area (TPSA) is 131 Å². The van der Waals surface area contributed by atoms with Crippen molar-refractivity contribution in [1.82, 2.24) is 15.0 Å². The molecular weight excluding hydrogens is 492 g/mol. The van der Waals surface area contributed by atoms with E-state index >= 15 is 0 Å². The summed E-state index contributed by atoms with van der Waals surface area (Å²) in [7, 11) is 0. The van der Waals surface area contributed by atoms with Crippen LogP contribution in [0.5, 0.6) is 0 Å². The van der Waals surface area contributed by atoms with Gasteiger partial charge in [-0.05, 0) is 59.2 Å². The summed E-state index contributed by atoms with van der Waals surface area (Å²) in [6.45, 7) is 5.16. The summed E-state index contributed by atoms with van der Waals surface area (Å²) >= 11 is 0. The van der Waals surface area contributed by atoms with Gasteiger partial charge in [0.25, 0.3) is 11.7 Å². The third-order valence-corrected chi connectivity index (χ3v) is 6.73. The highest BCUT2D eigenvalue weighted by atomic mass is 16.2. The molecule has 198 valence electrons. The lowest BCUT2D eigenvalue weighted by molar-refractivity contribution is -0.439. The number of pyridine rings is 1. The highest BCUT2D eigenvalue weighted by Gasteiger charge is 2.19. The number of aromatic nitrogens is 3. The smallest absolute Gasteiger partial charge is 0.300 e. The van der Waals surface area contributed by atoms with Gasteiger partial charge in [0.2, 0.25) is 5.91 Å². The van der Waals surface area contributed by atoms with Crippen molar-refractivity contribution in [3.05, 3.63) is 90.4 Å². The summed E-state index contributed by atoms with van der Waals surface area (Å²) < 4.78 is 0. The van der Waals surface area contributed by atoms with Crippen LogP contribution in [0, 0.1) is 0 Å². The molecule has 10 nitrogen and oxygen atoms in total. The SMILES string of the molecule is CC(=O)N1CCN(c2ccc(Nc3cc(NCc4cccc(-c5ccncc5)c4)c(C(N)=O)n[nH+]3)cc2)CC1. The normalized spacial score (nSPS) is 13.2. The first kappa shape index (κ1) is 25.7. The van der Waals surface area contributed by atoms with E-state index in [0.717, 1.165) is 54.2 Å². The van der Waals surface area contributed by atoms with Gasteiger partial charge in [0.05, 0.1) is 11.8 Å². The van der Waals surface area contributed by atoms with Gasteiger partial charge in [0, 0.05) is 57.7 Å². The zero-order valence-electron chi connectivity index (χ0n) is 21.7. The van der Waals surface area contributed by atoms with Crippen molar-refractivity contribution < 1.29 is 14.7 Å². The molecule has 2 aromatic carbocycles. The molecule has 2 amide bonds. The van der Waals surface area contributed by atoms with E-state index in [1.807, 2.05) is 59.5 Å². The minimum Gasteiger partial charge on any atom is -0.379 e. The first-order chi connectivity index (χ1) is 19.0. The van der Waals surface area contributed by atoms with Crippen molar-refractivity contribution in [2.45, 2.75) is 13.5 Å². The van der Waals surface area contributed by atoms with Gasteiger partial charge in [0.1, 0.15) is 5.69 Å². The quantitative estimate of drug-likeness (QED) is 0.324. The Balaban J connectivity index is 1.26. The number of amides is 2. The van der Waals surface area contributed by atoms with Crippen LogP contribution in [-0.2, 0) is 11.3 Å². The lowest BCUT2D eigenvalue weighted by Gasteiger charge is -2.35. The van der Waals surface area contributed by atoms with Crippen LogP contribution in [-0.4, -0.2) is 53.0 Å². The van der Waals surface area contributed by atoms with Crippen LogP contribution in [0.3, 0.4) is 0 Å². The van der Waals surface area contributed by atoms with E-state index < -0.39 is 5.91 Å². The molecule has 0 radical (unpaired) electrons. The maximum absolute atomic E-state index is 12.0. The molecule has 1 aliphatic heterocycles. The highest BCUT2D eigenvalue weighted by molar-refractivity contribution is 5.96. The molecule has 10 heteroatoms. The van der Waals surface area contributed by atoms with Crippen LogP contribution < -0.4 is 26.4 Å². The number of rotatable bonds is 8. The van der Waals surface area contributed by atoms with Crippen LogP contribution in [0.2, 0.25) is 0 Å². The molecule has 0 saturated carbocycles. The number of anilines is 4. The maximum atomic E-state index is 12.0. The number of nitrogens with one attached hydrogen (secondary N) is 3. The van der Waals surface area contributed by atoms with Gasteiger partial charge in [-0.3, -0.25) is 14.6 Å². The molecule has 2 aromatic heterocycles. The summed E-state index contributed by atoms with van der Waals surface area (Å²) in [5.41, 5.74) is 11.4. The summed E-state index contributed by atoms with van der Waals surface area (Å²) in [6, 6.07) is 21.9. The van der Waals surface area contributed by atoms with Gasteiger partial charge in [-0.25, -0.2) is 5.32 Å². The van der Waals surface area contributed by atoms with E-state index in [1.54, 1.807) is 25.4 Å². The Kier molecular flexibility index (Phi) is 7.63. The molecule has 0 bridgehead atoms. The number of aromatic amines is 1. The van der Waals surface area contributed by atoms with Gasteiger partial charge in [-0.2, -0.15) is 0 Å². The summed E-state index contributed by atoms with van der Waals surface area (Å²) in [5, 5.41) is 13.7. The molecular formula is C29H31N8O2+. The molecule has 5 rings (SSSR count). The van der Waals surface area contributed by atoms with Crippen molar-refractivity contribution >= 4 is 34.7 Å². The third-order valence-electron chi connectivity index (χ3n) is 6.73. The van der Waals surface area contributed by atoms with Crippen molar-refractivity contribution in [1.29, 1.82) is 0 Å². The van der Waals surface area contributed by atoms with Crippen molar-refractivity contribution in [2.75, 3.05) is 41.7 Å². The lowest BCUT2D eigenvalue weighted by Crippen LogP contribution is -2.48. The fourth-order valence-corrected chi connectivity index (χ4v) is 4.60. The predicted octanol–water partition coefficient (Wildman–Crippen LogP) is 3.08. The molecule has 0 aliphatic carbocycles. The van der Waals surface area contributed by atoms with Gasteiger partial charge >= 0.3 is 0 Å². The third kappa shape index (κ3) is 6.30. The van der Waals surface area contributed by atoms with Crippen LogP contribution in [0.4, 0.5) is 22.9 Å². The zero-order valence-corrected chi connectivity index (χ0v) is 21.7. The summed E-state index contributed by atoms with van der Waals surface area (Å²) in [5.74, 6) is 0.102. The zero-order chi connectivity index (χ0) is 27.2. The maximum Gasteiger partial charge on any atom is 0.300 e. The minimum atomic E-state index is -0.625. The molecule has 3 heterocycles. The molecule has 39 heavy (non-hydrogen) atoms. The van der Waals surface area contributed by atoms with Gasteiger partial charge < -0.3 is 20.9 Å². The molecule has 1 aliphatic rings. The largest absolute Gasteiger partial charge is 0.379 e. The van der Waals surface area contributed by atoms with Gasteiger partial charge in [-0.1, -0.05) is 23.3 Å². The van der Waals surface area contributed by atoms with E-state index in [0.29, 0.717) is 18.1 Å². The average molecular weight is 524 g/mol. The Morgan fingerprint density at radius 1 is 0.949 bits per heavy atom. The molecule has 5 N–H and O–H groups in total. The Hall–Kier alpha value is -4.99. The second-order valence-corrected chi connectivity index (χ2v) is 9.36. The number of benzene rings is 2. The molecule has 0 atom stereocenters. The van der Waals surface area contributed by atoms with Gasteiger partial charge in [0.15, 0.2) is 5.69 Å². The van der Waals surface area contributed by atoms with Crippen LogP contribution in [0.25, 0.3) is 11.1 Å². The van der Waals surface area contributed by atoms with E-state index in [2.05, 4.69) is 36.8 Å². The number of carbonyl (C=O) groups excluding carboxylic acids is 2. The molecule has 0 unspecified atom stereocenters. The second-order valence-electron chi connectivity index (χ2n) is 9.36. The number of piperazine rings is 1. The van der Waals surface area contributed by atoms with E-state index in [9.17, 15) is 9.59 Å². The van der Waals surface area contributed by atoms with E-state index in [1.165, 1.54) is 0 Å². The molecule has 4 aromatic rings.